The summed E-state index contributed by atoms with van der Waals surface area (Å²) in [6.07, 6.45) is 4.70. The minimum Gasteiger partial charge on any atom is -0.311 e. The van der Waals surface area contributed by atoms with Crippen LogP contribution in [0.25, 0.3) is 21.9 Å². The monoisotopic (exact) mass is 341 g/mol. The van der Waals surface area contributed by atoms with Crippen molar-refractivity contribution in [2.24, 2.45) is 5.92 Å². The molecule has 1 aliphatic carbocycles. The van der Waals surface area contributed by atoms with Crippen LogP contribution >= 0.6 is 0 Å². The molecule has 1 fully saturated rings. The fourth-order valence-corrected chi connectivity index (χ4v) is 3.16. The van der Waals surface area contributed by atoms with Crippen LogP contribution in [0.5, 0.6) is 0 Å². The van der Waals surface area contributed by atoms with E-state index < -0.39 is 0 Å². The van der Waals surface area contributed by atoms with Gasteiger partial charge in [-0.25, -0.2) is 4.98 Å². The molecule has 1 saturated carbocycles. The highest BCUT2D eigenvalue weighted by atomic mass is 16.1. The van der Waals surface area contributed by atoms with Crippen LogP contribution in [0, 0.1) is 24.2 Å². The van der Waals surface area contributed by atoms with Gasteiger partial charge in [0.05, 0.1) is 11.6 Å². The first-order valence-electron chi connectivity index (χ1n) is 8.83. The lowest BCUT2D eigenvalue weighted by molar-refractivity contribution is -0.116. The number of amides is 1. The number of carbonyl (C=O) groups is 1. The van der Waals surface area contributed by atoms with Crippen LogP contribution in [0.15, 0.2) is 48.7 Å². The summed E-state index contributed by atoms with van der Waals surface area (Å²) >= 11 is 0. The van der Waals surface area contributed by atoms with Gasteiger partial charge in [-0.3, -0.25) is 4.79 Å². The summed E-state index contributed by atoms with van der Waals surface area (Å²) in [5, 5.41) is 14.1. The molecule has 0 atom stereocenters. The third-order valence-corrected chi connectivity index (χ3v) is 4.84. The predicted octanol–water partition coefficient (Wildman–Crippen LogP) is 4.82. The second-order valence-corrected chi connectivity index (χ2v) is 6.97. The number of aryl methyl sites for hydroxylation is 1. The van der Waals surface area contributed by atoms with E-state index >= 15 is 0 Å². The number of aromatic nitrogens is 1. The molecule has 26 heavy (non-hydrogen) atoms. The SMILES string of the molecule is Cc1ccc(C#N)cc1-c1ccc2cc(NC(=O)CC3CC3)ncc2c1. The largest absolute Gasteiger partial charge is 0.311 e. The molecule has 0 unspecified atom stereocenters. The van der Waals surface area contributed by atoms with E-state index in [1.807, 2.05) is 43.3 Å². The van der Waals surface area contributed by atoms with Gasteiger partial charge < -0.3 is 5.32 Å². The lowest BCUT2D eigenvalue weighted by atomic mass is 9.96. The molecule has 3 aromatic rings. The quantitative estimate of drug-likeness (QED) is 0.740. The number of fused-ring (bicyclic) bond motifs is 1. The normalized spacial score (nSPS) is 13.4. The van der Waals surface area contributed by atoms with Gasteiger partial charge in [-0.1, -0.05) is 18.2 Å². The van der Waals surface area contributed by atoms with E-state index in [1.54, 1.807) is 6.20 Å². The maximum absolute atomic E-state index is 12.0. The van der Waals surface area contributed by atoms with Crippen molar-refractivity contribution in [2.75, 3.05) is 5.32 Å². The molecule has 1 heterocycles. The van der Waals surface area contributed by atoms with Crippen LogP contribution in [0.4, 0.5) is 5.82 Å². The van der Waals surface area contributed by atoms with E-state index in [4.69, 9.17) is 5.26 Å². The van der Waals surface area contributed by atoms with Crippen molar-refractivity contribution in [3.63, 3.8) is 0 Å². The molecule has 4 nitrogen and oxygen atoms in total. The first kappa shape index (κ1) is 16.3. The average Bonchev–Trinajstić information content (AvgIpc) is 3.45. The predicted molar refractivity (Wildman–Crippen MR) is 103 cm³/mol. The minimum atomic E-state index is 0.0416. The summed E-state index contributed by atoms with van der Waals surface area (Å²) in [6, 6.07) is 16.0. The Balaban J connectivity index is 1.63. The van der Waals surface area contributed by atoms with Gasteiger partial charge in [0.15, 0.2) is 0 Å². The van der Waals surface area contributed by atoms with Crippen molar-refractivity contribution in [3.8, 4) is 17.2 Å². The third kappa shape index (κ3) is 3.43. The average molecular weight is 341 g/mol. The lowest BCUT2D eigenvalue weighted by Gasteiger charge is -2.09. The molecule has 1 aromatic heterocycles. The number of anilines is 1. The zero-order valence-corrected chi connectivity index (χ0v) is 14.6. The number of hydrogen-bond acceptors (Lipinski definition) is 3. The van der Waals surface area contributed by atoms with Crippen LogP contribution < -0.4 is 5.32 Å². The van der Waals surface area contributed by atoms with Gasteiger partial charge in [-0.2, -0.15) is 5.26 Å². The van der Waals surface area contributed by atoms with Crippen LogP contribution in [0.1, 0.15) is 30.4 Å². The third-order valence-electron chi connectivity index (χ3n) is 4.84. The standard InChI is InChI=1S/C22H19N3O/c1-14-2-3-16(12-23)8-20(14)18-7-6-17-11-21(24-13-19(17)10-18)25-22(26)9-15-4-5-15/h2-3,6-8,10-11,13,15H,4-5,9H2,1H3,(H,24,25,26). The summed E-state index contributed by atoms with van der Waals surface area (Å²) in [5.41, 5.74) is 3.88. The minimum absolute atomic E-state index is 0.0416. The fourth-order valence-electron chi connectivity index (χ4n) is 3.16. The Morgan fingerprint density at radius 1 is 1.19 bits per heavy atom. The Morgan fingerprint density at radius 3 is 2.81 bits per heavy atom. The van der Waals surface area contributed by atoms with Gasteiger partial charge in [-0.15, -0.1) is 0 Å². The Labute approximate surface area is 152 Å². The molecule has 2 aromatic carbocycles. The molecule has 0 bridgehead atoms. The van der Waals surface area contributed by atoms with Crippen LogP contribution in [0.2, 0.25) is 0 Å². The number of hydrogen-bond donors (Lipinski definition) is 1. The molecule has 1 amide bonds. The summed E-state index contributed by atoms with van der Waals surface area (Å²) < 4.78 is 0. The van der Waals surface area contributed by atoms with Crippen LogP contribution in [0.3, 0.4) is 0 Å². The summed E-state index contributed by atoms with van der Waals surface area (Å²) in [6.45, 7) is 2.04. The van der Waals surface area contributed by atoms with Gasteiger partial charge in [0.25, 0.3) is 0 Å². The highest BCUT2D eigenvalue weighted by molar-refractivity contribution is 5.94. The zero-order chi connectivity index (χ0) is 18.1. The summed E-state index contributed by atoms with van der Waals surface area (Å²) in [7, 11) is 0. The van der Waals surface area contributed by atoms with Gasteiger partial charge in [0.1, 0.15) is 5.82 Å². The maximum atomic E-state index is 12.0. The first-order valence-corrected chi connectivity index (χ1v) is 8.83. The molecule has 128 valence electrons. The van der Waals surface area contributed by atoms with Crippen molar-refractivity contribution in [2.45, 2.75) is 26.2 Å². The van der Waals surface area contributed by atoms with Crippen molar-refractivity contribution in [1.82, 2.24) is 4.98 Å². The number of nitrogens with one attached hydrogen (secondary N) is 1. The lowest BCUT2D eigenvalue weighted by Crippen LogP contribution is -2.12. The molecule has 0 spiro atoms. The first-order chi connectivity index (χ1) is 12.6. The van der Waals surface area contributed by atoms with E-state index in [1.165, 1.54) is 0 Å². The second kappa shape index (κ2) is 6.61. The molecule has 0 saturated heterocycles. The Morgan fingerprint density at radius 2 is 2.04 bits per heavy atom. The highest BCUT2D eigenvalue weighted by Gasteiger charge is 2.24. The van der Waals surface area contributed by atoms with Gasteiger partial charge in [0, 0.05) is 18.0 Å². The zero-order valence-electron chi connectivity index (χ0n) is 14.6. The molecule has 1 N–H and O–H groups in total. The second-order valence-electron chi connectivity index (χ2n) is 6.97. The summed E-state index contributed by atoms with van der Waals surface area (Å²) in [4.78, 5) is 16.3. The number of pyridine rings is 1. The molecule has 4 rings (SSSR count). The van der Waals surface area contributed by atoms with Crippen molar-refractivity contribution < 1.29 is 4.79 Å². The molecule has 1 aliphatic rings. The Kier molecular flexibility index (Phi) is 4.14. The van der Waals surface area contributed by atoms with E-state index in [9.17, 15) is 4.79 Å². The maximum Gasteiger partial charge on any atom is 0.225 e. The number of rotatable bonds is 4. The number of benzene rings is 2. The smallest absolute Gasteiger partial charge is 0.225 e. The van der Waals surface area contributed by atoms with Crippen molar-refractivity contribution >= 4 is 22.5 Å². The van der Waals surface area contributed by atoms with E-state index in [0.717, 1.165) is 40.3 Å². The van der Waals surface area contributed by atoms with E-state index in [2.05, 4.69) is 22.4 Å². The fraction of sp³-hybridized carbons (Fsp3) is 0.227. The van der Waals surface area contributed by atoms with Crippen LogP contribution in [-0.4, -0.2) is 10.9 Å². The molecule has 0 radical (unpaired) electrons. The molecule has 0 aliphatic heterocycles. The summed E-state index contributed by atoms with van der Waals surface area (Å²) in [5.74, 6) is 1.20. The number of nitrogens with zero attached hydrogens (tertiary/aromatic N) is 2. The topological polar surface area (TPSA) is 65.8 Å². The molecule has 4 heteroatoms. The Bertz CT molecular complexity index is 1040. The molecular formula is C22H19N3O. The van der Waals surface area contributed by atoms with E-state index in [0.29, 0.717) is 23.7 Å². The number of nitriles is 1. The number of carbonyl (C=O) groups excluding carboxylic acids is 1. The van der Waals surface area contributed by atoms with Gasteiger partial charge in [0.2, 0.25) is 5.91 Å². The van der Waals surface area contributed by atoms with Crippen LogP contribution in [-0.2, 0) is 4.79 Å². The van der Waals surface area contributed by atoms with Gasteiger partial charge in [-0.05, 0) is 72.0 Å². The Hall–Kier alpha value is -3.19. The van der Waals surface area contributed by atoms with E-state index in [-0.39, 0.29) is 5.91 Å². The highest BCUT2D eigenvalue weighted by Crippen LogP contribution is 2.33. The van der Waals surface area contributed by atoms with Crippen molar-refractivity contribution in [1.29, 1.82) is 5.26 Å². The molecular weight excluding hydrogens is 322 g/mol. The van der Waals surface area contributed by atoms with Gasteiger partial charge >= 0.3 is 0 Å². The van der Waals surface area contributed by atoms with Crippen molar-refractivity contribution in [3.05, 3.63) is 59.8 Å².